The van der Waals surface area contributed by atoms with Gasteiger partial charge in [-0.05, 0) is 47.7 Å². The normalized spacial score (nSPS) is 23.7. The monoisotopic (exact) mass is 393 g/mol. The Bertz CT molecular complexity index is 910. The molecule has 1 aliphatic heterocycles. The molecule has 0 fully saturated rings. The number of rotatable bonds is 2. The van der Waals surface area contributed by atoms with Crippen molar-refractivity contribution >= 4 is 46.5 Å². The molecule has 0 saturated heterocycles. The van der Waals surface area contributed by atoms with Crippen molar-refractivity contribution in [3.05, 3.63) is 74.2 Å². The van der Waals surface area contributed by atoms with E-state index in [-0.39, 0.29) is 23.4 Å². The summed E-state index contributed by atoms with van der Waals surface area (Å²) in [7, 11) is 0. The van der Waals surface area contributed by atoms with Gasteiger partial charge in [0.25, 0.3) is 0 Å². The van der Waals surface area contributed by atoms with Crippen LogP contribution in [0.3, 0.4) is 0 Å². The Hall–Kier alpha value is -1.68. The van der Waals surface area contributed by atoms with Crippen LogP contribution in [0.15, 0.2) is 42.5 Å². The summed E-state index contributed by atoms with van der Waals surface area (Å²) in [6.45, 7) is 0. The molecule has 128 valence electrons. The lowest BCUT2D eigenvalue weighted by atomic mass is 9.76. The van der Waals surface area contributed by atoms with Crippen molar-refractivity contribution in [3.63, 3.8) is 0 Å². The summed E-state index contributed by atoms with van der Waals surface area (Å²) in [4.78, 5) is 11.4. The Morgan fingerprint density at radius 2 is 1.88 bits per heavy atom. The second kappa shape index (κ2) is 6.24. The third-order valence-electron chi connectivity index (χ3n) is 4.97. The zero-order valence-corrected chi connectivity index (χ0v) is 15.2. The first kappa shape index (κ1) is 16.8. The van der Waals surface area contributed by atoms with Crippen LogP contribution < -0.4 is 5.32 Å². The summed E-state index contributed by atoms with van der Waals surface area (Å²) in [5.41, 5.74) is 2.86. The maximum atomic E-state index is 11.4. The Labute approximate surface area is 160 Å². The van der Waals surface area contributed by atoms with Crippen LogP contribution >= 0.6 is 34.8 Å². The molecule has 0 spiro atoms. The van der Waals surface area contributed by atoms with Crippen molar-refractivity contribution in [2.75, 3.05) is 5.32 Å². The van der Waals surface area contributed by atoms with Crippen molar-refractivity contribution in [1.82, 2.24) is 0 Å². The molecule has 25 heavy (non-hydrogen) atoms. The Morgan fingerprint density at radius 3 is 2.60 bits per heavy atom. The number of hydrogen-bond donors (Lipinski definition) is 2. The van der Waals surface area contributed by atoms with Gasteiger partial charge in [0.2, 0.25) is 0 Å². The fourth-order valence-corrected chi connectivity index (χ4v) is 4.65. The van der Waals surface area contributed by atoms with Crippen LogP contribution in [0, 0.1) is 5.92 Å². The third kappa shape index (κ3) is 2.80. The van der Waals surface area contributed by atoms with Crippen LogP contribution in [-0.2, 0) is 0 Å². The molecule has 3 atom stereocenters. The summed E-state index contributed by atoms with van der Waals surface area (Å²) >= 11 is 18.9. The first-order valence-electron chi connectivity index (χ1n) is 7.90. The number of hydrogen-bond acceptors (Lipinski definition) is 2. The number of allylic oxidation sites excluding steroid dienone is 2. The van der Waals surface area contributed by atoms with Gasteiger partial charge in [-0.1, -0.05) is 53.0 Å². The topological polar surface area (TPSA) is 49.3 Å². The van der Waals surface area contributed by atoms with Gasteiger partial charge in [-0.25, -0.2) is 4.79 Å². The molecule has 0 aromatic heterocycles. The van der Waals surface area contributed by atoms with Gasteiger partial charge in [0, 0.05) is 16.0 Å². The molecule has 6 heteroatoms. The molecule has 2 aromatic rings. The van der Waals surface area contributed by atoms with E-state index in [4.69, 9.17) is 34.8 Å². The number of nitrogens with one attached hydrogen (secondary N) is 1. The highest BCUT2D eigenvalue weighted by molar-refractivity contribution is 6.35. The van der Waals surface area contributed by atoms with Crippen LogP contribution in [0.4, 0.5) is 5.69 Å². The Morgan fingerprint density at radius 1 is 1.08 bits per heavy atom. The first-order valence-corrected chi connectivity index (χ1v) is 9.04. The summed E-state index contributed by atoms with van der Waals surface area (Å²) < 4.78 is 0. The maximum Gasteiger partial charge on any atom is 0.335 e. The Kier molecular flexibility index (Phi) is 4.19. The van der Waals surface area contributed by atoms with Gasteiger partial charge in [0.15, 0.2) is 0 Å². The molecule has 2 aliphatic rings. The molecule has 2 aromatic carbocycles. The largest absolute Gasteiger partial charge is 0.478 e. The van der Waals surface area contributed by atoms with E-state index in [1.54, 1.807) is 12.1 Å². The first-order chi connectivity index (χ1) is 12.0. The van der Waals surface area contributed by atoms with E-state index >= 15 is 0 Å². The molecule has 3 nitrogen and oxygen atoms in total. The molecule has 0 bridgehead atoms. The third-order valence-corrected chi connectivity index (χ3v) is 5.83. The standard InChI is InChI=1S/C19H14Cl3NO2/c20-10-4-5-13(15(21)8-10)17-12-3-1-2-11(12)14-6-9(19(24)25)7-16(22)18(14)23-17/h1-2,4-8,11-12,17,23H,3H2,(H,24,25)/t11-,12+,17-/m1/s1. The van der Waals surface area contributed by atoms with Gasteiger partial charge in [-0.2, -0.15) is 0 Å². The van der Waals surface area contributed by atoms with E-state index in [0.29, 0.717) is 15.1 Å². The zero-order valence-electron chi connectivity index (χ0n) is 13.0. The molecule has 0 unspecified atom stereocenters. The number of carboxylic acids is 1. The highest BCUT2D eigenvalue weighted by Crippen LogP contribution is 2.52. The molecule has 0 radical (unpaired) electrons. The van der Waals surface area contributed by atoms with E-state index in [9.17, 15) is 9.90 Å². The second-order valence-electron chi connectivity index (χ2n) is 6.37. The van der Waals surface area contributed by atoms with Crippen LogP contribution in [0.2, 0.25) is 15.1 Å². The van der Waals surface area contributed by atoms with Crippen molar-refractivity contribution in [2.45, 2.75) is 18.4 Å². The molecular formula is C19H14Cl3NO2. The van der Waals surface area contributed by atoms with Crippen LogP contribution in [0.25, 0.3) is 0 Å². The number of halogens is 3. The maximum absolute atomic E-state index is 11.4. The summed E-state index contributed by atoms with van der Waals surface area (Å²) in [6, 6.07) is 8.67. The number of carboxylic acid groups (broad SMARTS) is 1. The lowest BCUT2D eigenvalue weighted by Crippen LogP contribution is -2.29. The highest BCUT2D eigenvalue weighted by atomic mass is 35.5. The van der Waals surface area contributed by atoms with Crippen LogP contribution in [0.5, 0.6) is 0 Å². The van der Waals surface area contributed by atoms with Crippen molar-refractivity contribution in [3.8, 4) is 0 Å². The predicted molar refractivity (Wildman–Crippen MR) is 101 cm³/mol. The van der Waals surface area contributed by atoms with E-state index in [2.05, 4.69) is 17.5 Å². The molecular weight excluding hydrogens is 381 g/mol. The fraction of sp³-hybridized carbons (Fsp3) is 0.211. The van der Waals surface area contributed by atoms with Gasteiger partial charge < -0.3 is 10.4 Å². The smallest absolute Gasteiger partial charge is 0.335 e. The fourth-order valence-electron chi connectivity index (χ4n) is 3.84. The highest BCUT2D eigenvalue weighted by Gasteiger charge is 2.39. The molecule has 2 N–H and O–H groups in total. The van der Waals surface area contributed by atoms with E-state index < -0.39 is 5.97 Å². The molecule has 0 amide bonds. The number of benzene rings is 2. The number of carbonyl (C=O) groups is 1. The van der Waals surface area contributed by atoms with Crippen LogP contribution in [0.1, 0.15) is 39.9 Å². The SMILES string of the molecule is O=C(O)c1cc(Cl)c2c(c1)[C@@H]1C=CC[C@@H]1[C@H](c1ccc(Cl)cc1Cl)N2. The number of fused-ring (bicyclic) bond motifs is 3. The van der Waals surface area contributed by atoms with Crippen molar-refractivity contribution in [2.24, 2.45) is 5.92 Å². The van der Waals surface area contributed by atoms with Crippen LogP contribution in [-0.4, -0.2) is 11.1 Å². The number of aromatic carboxylic acids is 1. The molecule has 4 rings (SSSR count). The minimum atomic E-state index is -0.980. The quantitative estimate of drug-likeness (QED) is 0.599. The van der Waals surface area contributed by atoms with Crippen molar-refractivity contribution in [1.29, 1.82) is 0 Å². The summed E-state index contributed by atoms with van der Waals surface area (Å²) in [6.07, 6.45) is 5.14. The van der Waals surface area contributed by atoms with E-state index in [1.807, 2.05) is 12.1 Å². The second-order valence-corrected chi connectivity index (χ2v) is 7.62. The van der Waals surface area contributed by atoms with Gasteiger partial charge in [-0.3, -0.25) is 0 Å². The molecule has 1 aliphatic carbocycles. The van der Waals surface area contributed by atoms with Gasteiger partial charge in [0.1, 0.15) is 0 Å². The van der Waals surface area contributed by atoms with Crippen molar-refractivity contribution < 1.29 is 9.90 Å². The predicted octanol–water partition coefficient (Wildman–Crippen LogP) is 6.17. The molecule has 1 heterocycles. The molecule has 0 saturated carbocycles. The minimum Gasteiger partial charge on any atom is -0.478 e. The lowest BCUT2D eigenvalue weighted by Gasteiger charge is -2.38. The van der Waals surface area contributed by atoms with E-state index in [0.717, 1.165) is 23.2 Å². The van der Waals surface area contributed by atoms with Gasteiger partial charge >= 0.3 is 5.97 Å². The minimum absolute atomic E-state index is 0.0227. The zero-order chi connectivity index (χ0) is 17.7. The summed E-state index contributed by atoms with van der Waals surface area (Å²) in [5.74, 6) is -0.637. The Balaban J connectivity index is 1.84. The average Bonchev–Trinajstić information content (AvgIpc) is 3.04. The number of anilines is 1. The average molecular weight is 395 g/mol. The van der Waals surface area contributed by atoms with Gasteiger partial charge in [0.05, 0.1) is 22.3 Å². The van der Waals surface area contributed by atoms with E-state index in [1.165, 1.54) is 6.07 Å². The summed E-state index contributed by atoms with van der Waals surface area (Å²) in [5, 5.41) is 14.4. The lowest BCUT2D eigenvalue weighted by molar-refractivity contribution is 0.0696. The van der Waals surface area contributed by atoms with Gasteiger partial charge in [-0.15, -0.1) is 0 Å².